The van der Waals surface area contributed by atoms with Crippen LogP contribution in [0, 0.1) is 0 Å². The van der Waals surface area contributed by atoms with Gasteiger partial charge in [-0.3, -0.25) is 0 Å². The van der Waals surface area contributed by atoms with Crippen molar-refractivity contribution in [3.05, 3.63) is 5.15 Å². The Bertz CT molecular complexity index is 238. The fourth-order valence-electron chi connectivity index (χ4n) is 0.415. The lowest BCUT2D eigenvalue weighted by atomic mass is 10.7. The van der Waals surface area contributed by atoms with Crippen molar-refractivity contribution in [3.8, 4) is 11.6 Å². The van der Waals surface area contributed by atoms with Gasteiger partial charge < -0.3 is 4.74 Å². The molecule has 0 amide bonds. The van der Waals surface area contributed by atoms with Gasteiger partial charge in [0.05, 0.1) is 0 Å². The zero-order valence-electron chi connectivity index (χ0n) is 3.63. The third-order valence-electron chi connectivity index (χ3n) is 0.807. The summed E-state index contributed by atoms with van der Waals surface area (Å²) >= 11 is 5.42. The first-order valence-electron chi connectivity index (χ1n) is 1.94. The molecule has 40 valence electrons. The average Bonchev–Trinajstić information content (AvgIpc) is 2.45. The van der Waals surface area contributed by atoms with Gasteiger partial charge >= 0.3 is 0 Å². The quantitative estimate of drug-likeness (QED) is 0.490. The smallest absolute Gasteiger partial charge is 0.287 e. The second kappa shape index (κ2) is 1.08. The van der Waals surface area contributed by atoms with Gasteiger partial charge in [0.1, 0.15) is 0 Å². The molecule has 0 fully saturated rings. The van der Waals surface area contributed by atoms with Crippen LogP contribution in [0.5, 0.6) is 11.6 Å². The minimum absolute atomic E-state index is 0.287. The van der Waals surface area contributed by atoms with Crippen molar-refractivity contribution in [2.45, 2.75) is 0 Å². The molecule has 1 aliphatic heterocycles. The van der Waals surface area contributed by atoms with Crippen LogP contribution in [0.15, 0.2) is 0 Å². The normalized spacial score (nSPS) is 12.1. The molecule has 2 heterocycles. The van der Waals surface area contributed by atoms with Crippen molar-refractivity contribution >= 4 is 11.6 Å². The SMILES string of the molecule is Clc1nnnc2c1O2. The maximum atomic E-state index is 5.42. The van der Waals surface area contributed by atoms with Crippen LogP contribution in [0.25, 0.3) is 0 Å². The van der Waals surface area contributed by atoms with E-state index in [4.69, 9.17) is 16.3 Å². The minimum Gasteiger partial charge on any atom is -0.425 e. The van der Waals surface area contributed by atoms with E-state index in [1.165, 1.54) is 0 Å². The summed E-state index contributed by atoms with van der Waals surface area (Å²) in [7, 11) is 0. The number of aromatic nitrogens is 3. The van der Waals surface area contributed by atoms with Crippen LogP contribution < -0.4 is 4.74 Å². The molecule has 0 atom stereocenters. The lowest BCUT2D eigenvalue weighted by Gasteiger charge is -1.70. The Labute approximate surface area is 49.4 Å². The van der Waals surface area contributed by atoms with Gasteiger partial charge in [0, 0.05) is 0 Å². The predicted molar refractivity (Wildman–Crippen MR) is 24.9 cm³/mol. The van der Waals surface area contributed by atoms with Crippen LogP contribution in [-0.2, 0) is 0 Å². The summed E-state index contributed by atoms with van der Waals surface area (Å²) in [4.78, 5) is 0. The highest BCUT2D eigenvalue weighted by atomic mass is 35.5. The second-order valence-corrected chi connectivity index (χ2v) is 1.67. The number of hydrogen-bond donors (Lipinski definition) is 0. The van der Waals surface area contributed by atoms with Crippen molar-refractivity contribution in [2.24, 2.45) is 0 Å². The highest BCUT2D eigenvalue weighted by Crippen LogP contribution is 2.45. The van der Waals surface area contributed by atoms with Crippen molar-refractivity contribution in [3.63, 3.8) is 0 Å². The molecule has 8 heavy (non-hydrogen) atoms. The van der Waals surface area contributed by atoms with Crippen LogP contribution in [0.4, 0.5) is 0 Å². The van der Waals surface area contributed by atoms with Gasteiger partial charge in [-0.1, -0.05) is 16.7 Å². The van der Waals surface area contributed by atoms with Crippen LogP contribution in [-0.4, -0.2) is 15.4 Å². The topological polar surface area (TPSA) is 51.2 Å². The number of hydrogen-bond acceptors (Lipinski definition) is 4. The first-order valence-corrected chi connectivity index (χ1v) is 2.32. The maximum Gasteiger partial charge on any atom is 0.287 e. The highest BCUT2D eigenvalue weighted by molar-refractivity contribution is 6.31. The third-order valence-corrected chi connectivity index (χ3v) is 1.05. The molecule has 5 heteroatoms. The van der Waals surface area contributed by atoms with E-state index in [0.29, 0.717) is 11.6 Å². The highest BCUT2D eigenvalue weighted by Gasteiger charge is 2.27. The number of ether oxygens (including phenoxy) is 1. The molecule has 0 aromatic carbocycles. The van der Waals surface area contributed by atoms with Crippen LogP contribution in [0.3, 0.4) is 0 Å². The summed E-state index contributed by atoms with van der Waals surface area (Å²) < 4.78 is 4.70. The lowest BCUT2D eigenvalue weighted by molar-refractivity contribution is 0.628. The predicted octanol–water partition coefficient (Wildman–Crippen LogP) is 0.631. The molecule has 2 rings (SSSR count). The molecule has 0 aliphatic carbocycles. The monoisotopic (exact) mass is 129 g/mol. The summed E-state index contributed by atoms with van der Waals surface area (Å²) in [6.45, 7) is 0. The molecule has 0 N–H and O–H groups in total. The average molecular weight is 130 g/mol. The van der Waals surface area contributed by atoms with E-state index in [1.54, 1.807) is 0 Å². The van der Waals surface area contributed by atoms with Gasteiger partial charge in [-0.15, -0.1) is 5.10 Å². The summed E-state index contributed by atoms with van der Waals surface area (Å²) in [6, 6.07) is 0. The van der Waals surface area contributed by atoms with Gasteiger partial charge in [-0.2, -0.15) is 0 Å². The standard InChI is InChI=1S/C3ClN3O/c4-2-1-3(8-1)6-7-5-2. The molecule has 0 unspecified atom stereocenters. The van der Waals surface area contributed by atoms with Crippen LogP contribution in [0.1, 0.15) is 0 Å². The number of rotatable bonds is 0. The summed E-state index contributed by atoms with van der Waals surface area (Å²) in [6.07, 6.45) is 0. The molecule has 0 bridgehead atoms. The summed E-state index contributed by atoms with van der Waals surface area (Å²) in [5, 5.41) is 10.4. The van der Waals surface area contributed by atoms with Crippen molar-refractivity contribution in [1.82, 2.24) is 15.4 Å². The molecule has 1 aromatic heterocycles. The van der Waals surface area contributed by atoms with Crippen LogP contribution >= 0.6 is 11.6 Å². The Morgan fingerprint density at radius 3 is 2.88 bits per heavy atom. The van der Waals surface area contributed by atoms with Gasteiger partial charge in [0.25, 0.3) is 5.88 Å². The summed E-state index contributed by atoms with van der Waals surface area (Å²) in [5.74, 6) is 1.05. The van der Waals surface area contributed by atoms with E-state index in [0.717, 1.165) is 0 Å². The Balaban J connectivity index is 2.70. The van der Waals surface area contributed by atoms with E-state index in [2.05, 4.69) is 15.4 Å². The lowest BCUT2D eigenvalue weighted by Crippen LogP contribution is -1.76. The first-order chi connectivity index (χ1) is 3.88. The van der Waals surface area contributed by atoms with Crippen molar-refractivity contribution in [1.29, 1.82) is 0 Å². The second-order valence-electron chi connectivity index (χ2n) is 1.32. The first kappa shape index (κ1) is 4.03. The molecular weight excluding hydrogens is 130 g/mol. The molecule has 4 nitrogen and oxygen atoms in total. The number of halogens is 1. The van der Waals surface area contributed by atoms with Gasteiger partial charge in [-0.25, -0.2) is 0 Å². The molecule has 0 spiro atoms. The fraction of sp³-hybridized carbons (Fsp3) is 0. The van der Waals surface area contributed by atoms with Crippen molar-refractivity contribution in [2.75, 3.05) is 0 Å². The zero-order chi connectivity index (χ0) is 5.56. The fourth-order valence-corrected chi connectivity index (χ4v) is 0.568. The third kappa shape index (κ3) is 0.376. The van der Waals surface area contributed by atoms with Gasteiger partial charge in [0.2, 0.25) is 10.9 Å². The largest absolute Gasteiger partial charge is 0.425 e. The number of nitrogens with zero attached hydrogens (tertiary/aromatic N) is 3. The van der Waals surface area contributed by atoms with E-state index in [9.17, 15) is 0 Å². The minimum atomic E-state index is 0.287. The Morgan fingerprint density at radius 2 is 2.25 bits per heavy atom. The Morgan fingerprint density at radius 1 is 1.38 bits per heavy atom. The maximum absolute atomic E-state index is 5.42. The van der Waals surface area contributed by atoms with Crippen molar-refractivity contribution < 1.29 is 4.74 Å². The van der Waals surface area contributed by atoms with E-state index in [1.807, 2.05) is 0 Å². The molecule has 1 aromatic rings. The molecular formula is C3ClN3O. The molecule has 1 aliphatic rings. The van der Waals surface area contributed by atoms with E-state index in [-0.39, 0.29) is 5.15 Å². The van der Waals surface area contributed by atoms with Gasteiger partial charge in [-0.05, 0) is 5.21 Å². The van der Waals surface area contributed by atoms with Gasteiger partial charge in [0.15, 0.2) is 0 Å². The Hall–Kier alpha value is -0.900. The number of fused-ring (bicyclic) bond motifs is 1. The molecule has 0 radical (unpaired) electrons. The molecule has 0 saturated carbocycles. The van der Waals surface area contributed by atoms with E-state index < -0.39 is 0 Å². The Kier molecular flexibility index (Phi) is 0.545. The molecule has 0 saturated heterocycles. The van der Waals surface area contributed by atoms with E-state index >= 15 is 0 Å². The summed E-state index contributed by atoms with van der Waals surface area (Å²) in [5.41, 5.74) is 0. The zero-order valence-corrected chi connectivity index (χ0v) is 4.38. The van der Waals surface area contributed by atoms with Crippen LogP contribution in [0.2, 0.25) is 5.15 Å².